The summed E-state index contributed by atoms with van der Waals surface area (Å²) in [7, 11) is 1.30. The SMILES string of the molecule is COC(=O)c1ccc(Cl)c(NC(=O)CCc2cccc(C)c2)c1. The molecule has 0 aliphatic carbocycles. The molecule has 120 valence electrons. The van der Waals surface area contributed by atoms with Crippen molar-refractivity contribution in [3.05, 3.63) is 64.2 Å². The van der Waals surface area contributed by atoms with Gasteiger partial charge in [0.1, 0.15) is 0 Å². The summed E-state index contributed by atoms with van der Waals surface area (Å²) in [5.74, 6) is -0.632. The molecule has 0 saturated carbocycles. The molecular weight excluding hydrogens is 314 g/mol. The van der Waals surface area contributed by atoms with Gasteiger partial charge in [0.25, 0.3) is 0 Å². The summed E-state index contributed by atoms with van der Waals surface area (Å²) in [5, 5.41) is 3.11. The normalized spacial score (nSPS) is 10.2. The van der Waals surface area contributed by atoms with Crippen molar-refractivity contribution in [3.63, 3.8) is 0 Å². The van der Waals surface area contributed by atoms with Crippen molar-refractivity contribution >= 4 is 29.2 Å². The van der Waals surface area contributed by atoms with Crippen LogP contribution in [0.1, 0.15) is 27.9 Å². The first kappa shape index (κ1) is 17.0. The second-order valence-corrected chi connectivity index (χ2v) is 5.63. The minimum Gasteiger partial charge on any atom is -0.465 e. The molecule has 23 heavy (non-hydrogen) atoms. The maximum atomic E-state index is 12.1. The molecule has 0 saturated heterocycles. The molecule has 0 unspecified atom stereocenters. The number of methoxy groups -OCH3 is 1. The van der Waals surface area contributed by atoms with Crippen molar-refractivity contribution in [2.24, 2.45) is 0 Å². The van der Waals surface area contributed by atoms with Gasteiger partial charge in [0.15, 0.2) is 0 Å². The molecule has 0 atom stereocenters. The van der Waals surface area contributed by atoms with Crippen LogP contribution in [0.2, 0.25) is 5.02 Å². The van der Waals surface area contributed by atoms with E-state index in [9.17, 15) is 9.59 Å². The standard InChI is InChI=1S/C18H18ClNO3/c1-12-4-3-5-13(10-12)6-9-17(21)20-16-11-14(18(22)23-2)7-8-15(16)19/h3-5,7-8,10-11H,6,9H2,1-2H3,(H,20,21). The van der Waals surface area contributed by atoms with Crippen LogP contribution < -0.4 is 5.32 Å². The lowest BCUT2D eigenvalue weighted by atomic mass is 10.1. The van der Waals surface area contributed by atoms with Gasteiger partial charge in [-0.1, -0.05) is 41.4 Å². The van der Waals surface area contributed by atoms with Crippen molar-refractivity contribution in [2.75, 3.05) is 12.4 Å². The minimum absolute atomic E-state index is 0.157. The third kappa shape index (κ3) is 4.83. The van der Waals surface area contributed by atoms with Gasteiger partial charge >= 0.3 is 5.97 Å². The summed E-state index contributed by atoms with van der Waals surface area (Å²) in [5.41, 5.74) is 3.01. The zero-order valence-electron chi connectivity index (χ0n) is 13.1. The summed E-state index contributed by atoms with van der Waals surface area (Å²) >= 11 is 6.06. The maximum Gasteiger partial charge on any atom is 0.337 e. The average molecular weight is 332 g/mol. The van der Waals surface area contributed by atoms with E-state index in [1.165, 1.54) is 13.2 Å². The fourth-order valence-electron chi connectivity index (χ4n) is 2.20. The molecule has 1 N–H and O–H groups in total. The summed E-state index contributed by atoms with van der Waals surface area (Å²) in [6, 6.07) is 12.7. The molecule has 2 rings (SSSR count). The van der Waals surface area contributed by atoms with Gasteiger partial charge in [-0.05, 0) is 37.1 Å². The quantitative estimate of drug-likeness (QED) is 0.842. The Balaban J connectivity index is 2.01. The average Bonchev–Trinajstić information content (AvgIpc) is 2.54. The van der Waals surface area contributed by atoms with E-state index in [0.717, 1.165) is 11.1 Å². The third-order valence-corrected chi connectivity index (χ3v) is 3.71. The Morgan fingerprint density at radius 2 is 1.96 bits per heavy atom. The van der Waals surface area contributed by atoms with Gasteiger partial charge in [-0.2, -0.15) is 0 Å². The van der Waals surface area contributed by atoms with Crippen LogP contribution in [0.3, 0.4) is 0 Å². The molecule has 0 aromatic heterocycles. The Labute approximate surface area is 140 Å². The summed E-state index contributed by atoms with van der Waals surface area (Å²) < 4.78 is 4.66. The van der Waals surface area contributed by atoms with Gasteiger partial charge in [-0.25, -0.2) is 4.79 Å². The minimum atomic E-state index is -0.475. The molecule has 0 spiro atoms. The highest BCUT2D eigenvalue weighted by atomic mass is 35.5. The highest BCUT2D eigenvalue weighted by molar-refractivity contribution is 6.33. The Hall–Kier alpha value is -2.33. The van der Waals surface area contributed by atoms with Crippen molar-refractivity contribution in [1.82, 2.24) is 0 Å². The van der Waals surface area contributed by atoms with Crippen LogP contribution in [-0.4, -0.2) is 19.0 Å². The lowest BCUT2D eigenvalue weighted by Gasteiger charge is -2.09. The van der Waals surface area contributed by atoms with E-state index >= 15 is 0 Å². The van der Waals surface area contributed by atoms with E-state index in [1.807, 2.05) is 25.1 Å². The lowest BCUT2D eigenvalue weighted by Crippen LogP contribution is -2.13. The molecule has 0 aliphatic heterocycles. The number of hydrogen-bond acceptors (Lipinski definition) is 3. The van der Waals surface area contributed by atoms with Crippen LogP contribution in [0.5, 0.6) is 0 Å². The number of carbonyl (C=O) groups is 2. The van der Waals surface area contributed by atoms with E-state index in [4.69, 9.17) is 11.6 Å². The second-order valence-electron chi connectivity index (χ2n) is 5.22. The molecule has 2 aromatic carbocycles. The number of amides is 1. The molecule has 0 aliphatic rings. The topological polar surface area (TPSA) is 55.4 Å². The number of halogens is 1. The molecule has 0 fully saturated rings. The van der Waals surface area contributed by atoms with E-state index in [-0.39, 0.29) is 5.91 Å². The van der Waals surface area contributed by atoms with Gasteiger partial charge in [0.2, 0.25) is 5.91 Å². The van der Waals surface area contributed by atoms with Gasteiger partial charge in [-0.15, -0.1) is 0 Å². The fraction of sp³-hybridized carbons (Fsp3) is 0.222. The number of nitrogens with one attached hydrogen (secondary N) is 1. The maximum absolute atomic E-state index is 12.1. The number of esters is 1. The highest BCUT2D eigenvalue weighted by Crippen LogP contribution is 2.23. The zero-order chi connectivity index (χ0) is 16.8. The Morgan fingerprint density at radius 1 is 1.17 bits per heavy atom. The van der Waals surface area contributed by atoms with Crippen LogP contribution in [0.25, 0.3) is 0 Å². The van der Waals surface area contributed by atoms with Crippen LogP contribution >= 0.6 is 11.6 Å². The van der Waals surface area contributed by atoms with E-state index in [0.29, 0.717) is 29.1 Å². The number of ether oxygens (including phenoxy) is 1. The smallest absolute Gasteiger partial charge is 0.337 e. The number of aryl methyl sites for hydroxylation is 2. The zero-order valence-corrected chi connectivity index (χ0v) is 13.8. The van der Waals surface area contributed by atoms with Crippen molar-refractivity contribution in [2.45, 2.75) is 19.8 Å². The Morgan fingerprint density at radius 3 is 2.65 bits per heavy atom. The van der Waals surface area contributed by atoms with Crippen molar-refractivity contribution in [1.29, 1.82) is 0 Å². The number of rotatable bonds is 5. The molecule has 0 bridgehead atoms. The number of benzene rings is 2. The first-order valence-electron chi connectivity index (χ1n) is 7.23. The van der Waals surface area contributed by atoms with Crippen LogP contribution in [-0.2, 0) is 16.0 Å². The number of hydrogen-bond donors (Lipinski definition) is 1. The third-order valence-electron chi connectivity index (χ3n) is 3.38. The highest BCUT2D eigenvalue weighted by Gasteiger charge is 2.11. The van der Waals surface area contributed by atoms with E-state index in [2.05, 4.69) is 16.1 Å². The predicted octanol–water partition coefficient (Wildman–Crippen LogP) is 4.01. The van der Waals surface area contributed by atoms with Gasteiger partial charge in [0, 0.05) is 6.42 Å². The Kier molecular flexibility index (Phi) is 5.77. The molecule has 0 heterocycles. The summed E-state index contributed by atoms with van der Waals surface area (Å²) in [4.78, 5) is 23.6. The van der Waals surface area contributed by atoms with Gasteiger partial charge < -0.3 is 10.1 Å². The monoisotopic (exact) mass is 331 g/mol. The second kappa shape index (κ2) is 7.79. The summed E-state index contributed by atoms with van der Waals surface area (Å²) in [6.07, 6.45) is 0.976. The van der Waals surface area contributed by atoms with Gasteiger partial charge in [0.05, 0.1) is 23.4 Å². The first-order valence-corrected chi connectivity index (χ1v) is 7.60. The largest absolute Gasteiger partial charge is 0.465 e. The molecule has 4 nitrogen and oxygen atoms in total. The number of anilines is 1. The fourth-order valence-corrected chi connectivity index (χ4v) is 2.37. The van der Waals surface area contributed by atoms with Gasteiger partial charge in [-0.3, -0.25) is 4.79 Å². The van der Waals surface area contributed by atoms with E-state index < -0.39 is 5.97 Å². The van der Waals surface area contributed by atoms with Crippen LogP contribution in [0.15, 0.2) is 42.5 Å². The van der Waals surface area contributed by atoms with Crippen molar-refractivity contribution < 1.29 is 14.3 Å². The van der Waals surface area contributed by atoms with Crippen LogP contribution in [0, 0.1) is 6.92 Å². The lowest BCUT2D eigenvalue weighted by molar-refractivity contribution is -0.116. The van der Waals surface area contributed by atoms with E-state index in [1.54, 1.807) is 12.1 Å². The summed E-state index contributed by atoms with van der Waals surface area (Å²) in [6.45, 7) is 2.02. The van der Waals surface area contributed by atoms with Crippen LogP contribution in [0.4, 0.5) is 5.69 Å². The van der Waals surface area contributed by atoms with Crippen molar-refractivity contribution in [3.8, 4) is 0 Å². The molecule has 1 amide bonds. The molecule has 0 radical (unpaired) electrons. The number of carbonyl (C=O) groups excluding carboxylic acids is 2. The molecule has 5 heteroatoms. The first-order chi connectivity index (χ1) is 11.0. The predicted molar refractivity (Wildman–Crippen MR) is 90.9 cm³/mol. The molecular formula is C18H18ClNO3. The molecule has 2 aromatic rings. The Bertz CT molecular complexity index is 728.